The molecule has 2 aromatic heterocycles. The van der Waals surface area contributed by atoms with E-state index in [9.17, 15) is 0 Å². The lowest BCUT2D eigenvalue weighted by molar-refractivity contribution is 0.661. The van der Waals surface area contributed by atoms with Gasteiger partial charge in [0.15, 0.2) is 0 Å². The van der Waals surface area contributed by atoms with Gasteiger partial charge in [0.1, 0.15) is 11.0 Å². The standard InChI is InChI=1S/C12H13Br2N3S/c1-6-7(2)18-12(17-6)11(15-3)10-9(14)4-8(13)5-16-10/h4-5,11,15H,1-3H3. The topological polar surface area (TPSA) is 37.8 Å². The third kappa shape index (κ3) is 2.82. The zero-order valence-electron chi connectivity index (χ0n) is 10.3. The van der Waals surface area contributed by atoms with Crippen molar-refractivity contribution < 1.29 is 0 Å². The lowest BCUT2D eigenvalue weighted by Crippen LogP contribution is -2.19. The first-order chi connectivity index (χ1) is 8.52. The van der Waals surface area contributed by atoms with Gasteiger partial charge in [-0.05, 0) is 58.8 Å². The molecule has 0 amide bonds. The monoisotopic (exact) mass is 389 g/mol. The Morgan fingerprint density at radius 1 is 1.33 bits per heavy atom. The summed E-state index contributed by atoms with van der Waals surface area (Å²) in [4.78, 5) is 10.3. The van der Waals surface area contributed by atoms with Crippen molar-refractivity contribution in [3.63, 3.8) is 0 Å². The molecule has 18 heavy (non-hydrogen) atoms. The molecule has 0 aliphatic heterocycles. The largest absolute Gasteiger partial charge is 0.306 e. The van der Waals surface area contributed by atoms with Crippen LogP contribution in [0.4, 0.5) is 0 Å². The molecule has 2 rings (SSSR count). The van der Waals surface area contributed by atoms with Crippen LogP contribution in [0.25, 0.3) is 0 Å². The number of hydrogen-bond donors (Lipinski definition) is 1. The summed E-state index contributed by atoms with van der Waals surface area (Å²) in [6, 6.07) is 2.02. The summed E-state index contributed by atoms with van der Waals surface area (Å²) in [6.07, 6.45) is 1.80. The van der Waals surface area contributed by atoms with Crippen LogP contribution >= 0.6 is 43.2 Å². The number of nitrogens with one attached hydrogen (secondary N) is 1. The maximum atomic E-state index is 4.60. The summed E-state index contributed by atoms with van der Waals surface area (Å²) < 4.78 is 1.93. The zero-order chi connectivity index (χ0) is 13.3. The second kappa shape index (κ2) is 5.77. The Morgan fingerprint density at radius 3 is 2.56 bits per heavy atom. The molecule has 0 saturated heterocycles. The van der Waals surface area contributed by atoms with E-state index in [1.54, 1.807) is 17.5 Å². The highest BCUT2D eigenvalue weighted by Gasteiger charge is 2.20. The van der Waals surface area contributed by atoms with Gasteiger partial charge in [-0.2, -0.15) is 0 Å². The van der Waals surface area contributed by atoms with E-state index in [1.807, 2.05) is 20.0 Å². The number of hydrogen-bond acceptors (Lipinski definition) is 4. The average molecular weight is 391 g/mol. The first-order valence-corrected chi connectivity index (χ1v) is 7.85. The first-order valence-electron chi connectivity index (χ1n) is 5.45. The van der Waals surface area contributed by atoms with Gasteiger partial charge in [0.2, 0.25) is 0 Å². The maximum Gasteiger partial charge on any atom is 0.116 e. The third-order valence-electron chi connectivity index (χ3n) is 2.69. The Bertz CT molecular complexity index is 549. The highest BCUT2D eigenvalue weighted by atomic mass is 79.9. The minimum absolute atomic E-state index is 0.0184. The van der Waals surface area contributed by atoms with Gasteiger partial charge in [-0.25, -0.2) is 4.98 Å². The van der Waals surface area contributed by atoms with Crippen LogP contribution in [-0.4, -0.2) is 17.0 Å². The average Bonchev–Trinajstić information content (AvgIpc) is 2.63. The van der Waals surface area contributed by atoms with E-state index in [2.05, 4.69) is 54.1 Å². The van der Waals surface area contributed by atoms with Crippen LogP contribution in [0, 0.1) is 13.8 Å². The highest BCUT2D eigenvalue weighted by Crippen LogP contribution is 2.31. The SMILES string of the molecule is CNC(c1nc(C)c(C)s1)c1ncc(Br)cc1Br. The van der Waals surface area contributed by atoms with Crippen LogP contribution in [0.5, 0.6) is 0 Å². The smallest absolute Gasteiger partial charge is 0.116 e. The van der Waals surface area contributed by atoms with Crippen molar-refractivity contribution in [2.75, 3.05) is 7.05 Å². The molecule has 6 heteroatoms. The Morgan fingerprint density at radius 2 is 2.06 bits per heavy atom. The number of nitrogens with zero attached hydrogens (tertiary/aromatic N) is 2. The molecule has 0 spiro atoms. The molecule has 0 saturated carbocycles. The number of rotatable bonds is 3. The number of halogens is 2. The minimum Gasteiger partial charge on any atom is -0.306 e. The van der Waals surface area contributed by atoms with E-state index >= 15 is 0 Å². The summed E-state index contributed by atoms with van der Waals surface area (Å²) in [5, 5.41) is 4.32. The first kappa shape index (κ1) is 14.1. The highest BCUT2D eigenvalue weighted by molar-refractivity contribution is 9.11. The fourth-order valence-corrected chi connectivity index (χ4v) is 3.89. The molecule has 0 aromatic carbocycles. The van der Waals surface area contributed by atoms with Crippen LogP contribution in [0.15, 0.2) is 21.2 Å². The molecule has 0 radical (unpaired) electrons. The quantitative estimate of drug-likeness (QED) is 0.860. The molecule has 1 atom stereocenters. The van der Waals surface area contributed by atoms with Crippen molar-refractivity contribution in [1.82, 2.24) is 15.3 Å². The molecular formula is C12H13Br2N3S. The molecule has 0 aliphatic rings. The predicted molar refractivity (Wildman–Crippen MR) is 82.1 cm³/mol. The molecule has 1 unspecified atom stereocenters. The molecule has 96 valence electrons. The molecule has 0 bridgehead atoms. The second-order valence-electron chi connectivity index (χ2n) is 3.94. The van der Waals surface area contributed by atoms with E-state index in [0.29, 0.717) is 0 Å². The van der Waals surface area contributed by atoms with Crippen molar-refractivity contribution in [2.45, 2.75) is 19.9 Å². The molecule has 3 nitrogen and oxygen atoms in total. The molecule has 2 heterocycles. The van der Waals surface area contributed by atoms with Crippen LogP contribution in [-0.2, 0) is 0 Å². The van der Waals surface area contributed by atoms with E-state index < -0.39 is 0 Å². The fraction of sp³-hybridized carbons (Fsp3) is 0.333. The molecule has 0 fully saturated rings. The number of aromatic nitrogens is 2. The van der Waals surface area contributed by atoms with Crippen LogP contribution in [0.3, 0.4) is 0 Å². The molecular weight excluding hydrogens is 378 g/mol. The lowest BCUT2D eigenvalue weighted by Gasteiger charge is -2.14. The number of aryl methyl sites for hydroxylation is 2. The summed E-state index contributed by atoms with van der Waals surface area (Å²) in [6.45, 7) is 4.12. The van der Waals surface area contributed by atoms with Gasteiger partial charge in [0, 0.05) is 20.0 Å². The summed E-state index contributed by atoms with van der Waals surface area (Å²) >= 11 is 8.68. The van der Waals surface area contributed by atoms with Gasteiger partial charge in [-0.3, -0.25) is 4.98 Å². The molecule has 2 aromatic rings. The van der Waals surface area contributed by atoms with E-state index in [0.717, 1.165) is 25.3 Å². The zero-order valence-corrected chi connectivity index (χ0v) is 14.3. The molecule has 0 aliphatic carbocycles. The fourth-order valence-electron chi connectivity index (χ4n) is 1.64. The third-order valence-corrected chi connectivity index (χ3v) is 4.90. The van der Waals surface area contributed by atoms with Gasteiger partial charge < -0.3 is 5.32 Å². The van der Waals surface area contributed by atoms with Crippen LogP contribution in [0.2, 0.25) is 0 Å². The van der Waals surface area contributed by atoms with Gasteiger partial charge in [0.05, 0.1) is 11.4 Å². The minimum atomic E-state index is 0.0184. The van der Waals surface area contributed by atoms with Crippen LogP contribution in [0.1, 0.15) is 27.3 Å². The van der Waals surface area contributed by atoms with Gasteiger partial charge >= 0.3 is 0 Å². The van der Waals surface area contributed by atoms with Gasteiger partial charge in [-0.15, -0.1) is 11.3 Å². The van der Waals surface area contributed by atoms with Crippen molar-refractivity contribution in [2.24, 2.45) is 0 Å². The number of pyridine rings is 1. The Hall–Kier alpha value is -0.300. The summed E-state index contributed by atoms with van der Waals surface area (Å²) in [5.41, 5.74) is 2.04. The van der Waals surface area contributed by atoms with E-state index in [4.69, 9.17) is 0 Å². The van der Waals surface area contributed by atoms with E-state index in [1.165, 1.54) is 4.88 Å². The maximum absolute atomic E-state index is 4.60. The van der Waals surface area contributed by atoms with E-state index in [-0.39, 0.29) is 6.04 Å². The number of thiazole rings is 1. The Labute approximate surface area is 127 Å². The van der Waals surface area contributed by atoms with Crippen molar-refractivity contribution in [3.8, 4) is 0 Å². The van der Waals surface area contributed by atoms with Crippen molar-refractivity contribution >= 4 is 43.2 Å². The van der Waals surface area contributed by atoms with Crippen molar-refractivity contribution in [1.29, 1.82) is 0 Å². The predicted octanol–water partition coefficient (Wildman–Crippen LogP) is 3.99. The van der Waals surface area contributed by atoms with Gasteiger partial charge in [-0.1, -0.05) is 0 Å². The normalized spacial score (nSPS) is 12.7. The van der Waals surface area contributed by atoms with Crippen molar-refractivity contribution in [3.05, 3.63) is 42.5 Å². The molecule has 1 N–H and O–H groups in total. The van der Waals surface area contributed by atoms with Gasteiger partial charge in [0.25, 0.3) is 0 Å². The summed E-state index contributed by atoms with van der Waals surface area (Å²) in [5.74, 6) is 0. The van der Waals surface area contributed by atoms with Crippen LogP contribution < -0.4 is 5.32 Å². The Balaban J connectivity index is 2.45. The summed E-state index contributed by atoms with van der Waals surface area (Å²) in [7, 11) is 1.92. The Kier molecular flexibility index (Phi) is 4.53. The second-order valence-corrected chi connectivity index (χ2v) is 6.94. The lowest BCUT2D eigenvalue weighted by atomic mass is 10.2.